The van der Waals surface area contributed by atoms with Gasteiger partial charge in [-0.2, -0.15) is 0 Å². The molecule has 1 saturated carbocycles. The zero-order chi connectivity index (χ0) is 15.1. The fourth-order valence-corrected chi connectivity index (χ4v) is 4.08. The maximum Gasteiger partial charge on any atom is 0.244 e. The highest BCUT2D eigenvalue weighted by Gasteiger charge is 2.36. The standard InChI is InChI=1S/C14H20N2O4S/c15-11-7-10-3-1-6-20-13(10)12(8-11)21(18,19)16-9-14(17)4-2-5-14/h7-8,16-17H,1-6,9,15H2. The van der Waals surface area contributed by atoms with Gasteiger partial charge in [-0.1, -0.05) is 0 Å². The second-order valence-corrected chi connectivity index (χ2v) is 7.60. The first-order chi connectivity index (χ1) is 9.90. The lowest BCUT2D eigenvalue weighted by atomic mass is 9.81. The lowest BCUT2D eigenvalue weighted by Crippen LogP contribution is -2.47. The van der Waals surface area contributed by atoms with Crippen molar-refractivity contribution >= 4 is 15.7 Å². The average molecular weight is 312 g/mol. The molecule has 0 bridgehead atoms. The van der Waals surface area contributed by atoms with Crippen molar-refractivity contribution in [2.75, 3.05) is 18.9 Å². The number of nitrogens with two attached hydrogens (primary N) is 1. The van der Waals surface area contributed by atoms with Gasteiger partial charge in [0.2, 0.25) is 10.0 Å². The van der Waals surface area contributed by atoms with Gasteiger partial charge >= 0.3 is 0 Å². The van der Waals surface area contributed by atoms with Gasteiger partial charge in [0.15, 0.2) is 0 Å². The van der Waals surface area contributed by atoms with Gasteiger partial charge in [-0.05, 0) is 49.8 Å². The summed E-state index contributed by atoms with van der Waals surface area (Å²) >= 11 is 0. The van der Waals surface area contributed by atoms with Crippen LogP contribution in [0.3, 0.4) is 0 Å². The first-order valence-electron chi connectivity index (χ1n) is 7.17. The number of rotatable bonds is 4. The first-order valence-corrected chi connectivity index (χ1v) is 8.65. The monoisotopic (exact) mass is 312 g/mol. The summed E-state index contributed by atoms with van der Waals surface area (Å²) in [5, 5.41) is 10.0. The predicted molar refractivity (Wildman–Crippen MR) is 78.7 cm³/mol. The number of hydrogen-bond acceptors (Lipinski definition) is 5. The average Bonchev–Trinajstić information content (AvgIpc) is 2.42. The highest BCUT2D eigenvalue weighted by molar-refractivity contribution is 7.89. The Morgan fingerprint density at radius 3 is 2.76 bits per heavy atom. The molecule has 21 heavy (non-hydrogen) atoms. The molecule has 0 unspecified atom stereocenters. The van der Waals surface area contributed by atoms with Crippen LogP contribution in [0.1, 0.15) is 31.2 Å². The van der Waals surface area contributed by atoms with E-state index in [4.69, 9.17) is 10.5 Å². The quantitative estimate of drug-likeness (QED) is 0.713. The van der Waals surface area contributed by atoms with Crippen molar-refractivity contribution in [3.05, 3.63) is 17.7 Å². The lowest BCUT2D eigenvalue weighted by molar-refractivity contribution is -0.0271. The molecular weight excluding hydrogens is 292 g/mol. The molecule has 6 nitrogen and oxygen atoms in total. The van der Waals surface area contributed by atoms with Crippen LogP contribution in [0.5, 0.6) is 5.75 Å². The van der Waals surface area contributed by atoms with E-state index in [0.29, 0.717) is 30.9 Å². The van der Waals surface area contributed by atoms with Crippen LogP contribution in [0.15, 0.2) is 17.0 Å². The van der Waals surface area contributed by atoms with Crippen molar-refractivity contribution in [3.8, 4) is 5.75 Å². The van der Waals surface area contributed by atoms with E-state index in [1.165, 1.54) is 6.07 Å². The summed E-state index contributed by atoms with van der Waals surface area (Å²) in [6, 6.07) is 3.17. The predicted octanol–water partition coefficient (Wildman–Crippen LogP) is 0.787. The largest absolute Gasteiger partial charge is 0.492 e. The lowest BCUT2D eigenvalue weighted by Gasteiger charge is -2.36. The Labute approximate surface area is 124 Å². The molecule has 0 amide bonds. The third kappa shape index (κ3) is 2.86. The van der Waals surface area contributed by atoms with Gasteiger partial charge in [0.25, 0.3) is 0 Å². The zero-order valence-electron chi connectivity index (χ0n) is 11.8. The van der Waals surface area contributed by atoms with Crippen molar-refractivity contribution in [1.29, 1.82) is 0 Å². The van der Waals surface area contributed by atoms with E-state index >= 15 is 0 Å². The van der Waals surface area contributed by atoms with Crippen LogP contribution < -0.4 is 15.2 Å². The summed E-state index contributed by atoms with van der Waals surface area (Å²) in [4.78, 5) is 0.0696. The van der Waals surface area contributed by atoms with E-state index in [0.717, 1.165) is 24.8 Å². The molecule has 7 heteroatoms. The van der Waals surface area contributed by atoms with Crippen LogP contribution >= 0.6 is 0 Å². The van der Waals surface area contributed by atoms with E-state index in [-0.39, 0.29) is 11.4 Å². The molecule has 1 aromatic rings. The number of ether oxygens (including phenoxy) is 1. The van der Waals surface area contributed by atoms with Gasteiger partial charge in [-0.15, -0.1) is 0 Å². The second-order valence-electron chi connectivity index (χ2n) is 5.86. The van der Waals surface area contributed by atoms with E-state index in [1.807, 2.05) is 0 Å². The normalized spacial score (nSPS) is 20.2. The molecule has 0 saturated heterocycles. The Morgan fingerprint density at radius 1 is 1.33 bits per heavy atom. The molecule has 3 rings (SSSR count). The van der Waals surface area contributed by atoms with Crippen LogP contribution in [0.4, 0.5) is 5.69 Å². The number of benzene rings is 1. The molecule has 0 aromatic heterocycles. The van der Waals surface area contributed by atoms with Crippen molar-refractivity contribution < 1.29 is 18.3 Å². The minimum atomic E-state index is -3.75. The molecule has 0 spiro atoms. The summed E-state index contributed by atoms with van der Waals surface area (Å²) in [6.45, 7) is 0.530. The minimum absolute atomic E-state index is 0.0267. The minimum Gasteiger partial charge on any atom is -0.492 e. The highest BCUT2D eigenvalue weighted by Crippen LogP contribution is 2.35. The number of fused-ring (bicyclic) bond motifs is 1. The Hall–Kier alpha value is -1.31. The molecule has 1 aliphatic heterocycles. The van der Waals surface area contributed by atoms with Crippen molar-refractivity contribution in [2.24, 2.45) is 0 Å². The van der Waals surface area contributed by atoms with Gasteiger partial charge < -0.3 is 15.6 Å². The molecule has 0 radical (unpaired) electrons. The van der Waals surface area contributed by atoms with Gasteiger partial charge in [-0.3, -0.25) is 0 Å². The van der Waals surface area contributed by atoms with Crippen LogP contribution in [-0.2, 0) is 16.4 Å². The van der Waals surface area contributed by atoms with E-state index in [1.54, 1.807) is 6.07 Å². The van der Waals surface area contributed by atoms with Gasteiger partial charge in [0, 0.05) is 12.2 Å². The van der Waals surface area contributed by atoms with E-state index in [2.05, 4.69) is 4.72 Å². The molecule has 1 aromatic carbocycles. The molecule has 116 valence electrons. The number of aliphatic hydroxyl groups is 1. The Bertz CT molecular complexity index is 653. The van der Waals surface area contributed by atoms with Crippen molar-refractivity contribution in [3.63, 3.8) is 0 Å². The molecule has 0 atom stereocenters. The topological polar surface area (TPSA) is 102 Å². The second kappa shape index (κ2) is 5.15. The van der Waals surface area contributed by atoms with E-state index < -0.39 is 15.6 Å². The van der Waals surface area contributed by atoms with Crippen LogP contribution in [0.2, 0.25) is 0 Å². The smallest absolute Gasteiger partial charge is 0.244 e. The summed E-state index contributed by atoms with van der Waals surface area (Å²) in [5.41, 5.74) is 6.12. The summed E-state index contributed by atoms with van der Waals surface area (Å²) < 4.78 is 33.0. The number of nitrogen functional groups attached to an aromatic ring is 1. The maximum atomic E-state index is 12.5. The SMILES string of the molecule is Nc1cc2c(c(S(=O)(=O)NCC3(O)CCC3)c1)OCCC2. The van der Waals surface area contributed by atoms with Crippen molar-refractivity contribution in [1.82, 2.24) is 4.72 Å². The molecule has 2 aliphatic rings. The molecule has 1 aliphatic carbocycles. The highest BCUT2D eigenvalue weighted by atomic mass is 32.2. The molecule has 1 fully saturated rings. The van der Waals surface area contributed by atoms with Gasteiger partial charge in [-0.25, -0.2) is 13.1 Å². The fourth-order valence-electron chi connectivity index (χ4n) is 2.74. The summed E-state index contributed by atoms with van der Waals surface area (Å²) in [6.07, 6.45) is 3.78. The van der Waals surface area contributed by atoms with Crippen LogP contribution in [0, 0.1) is 0 Å². The Morgan fingerprint density at radius 2 is 2.10 bits per heavy atom. The fraction of sp³-hybridized carbons (Fsp3) is 0.571. The number of anilines is 1. The van der Waals surface area contributed by atoms with Crippen LogP contribution in [-0.4, -0.2) is 32.3 Å². The van der Waals surface area contributed by atoms with Gasteiger partial charge in [0.1, 0.15) is 10.6 Å². The molecule has 4 N–H and O–H groups in total. The first kappa shape index (κ1) is 14.6. The number of nitrogens with one attached hydrogen (secondary N) is 1. The zero-order valence-corrected chi connectivity index (χ0v) is 12.6. The molecule has 1 heterocycles. The van der Waals surface area contributed by atoms with Crippen LogP contribution in [0.25, 0.3) is 0 Å². The molecular formula is C14H20N2O4S. The summed E-state index contributed by atoms with van der Waals surface area (Å²) in [7, 11) is -3.75. The number of sulfonamides is 1. The number of aryl methyl sites for hydroxylation is 1. The van der Waals surface area contributed by atoms with Gasteiger partial charge in [0.05, 0.1) is 12.2 Å². The maximum absolute atomic E-state index is 12.5. The Balaban J connectivity index is 1.89. The third-order valence-corrected chi connectivity index (χ3v) is 5.56. The summed E-state index contributed by atoms with van der Waals surface area (Å²) in [5.74, 6) is 0.392. The van der Waals surface area contributed by atoms with Crippen molar-refractivity contribution in [2.45, 2.75) is 42.6 Å². The van der Waals surface area contributed by atoms with E-state index in [9.17, 15) is 13.5 Å². The third-order valence-electron chi connectivity index (χ3n) is 4.16. The Kier molecular flexibility index (Phi) is 3.59. The number of hydrogen-bond donors (Lipinski definition) is 3.